The predicted molar refractivity (Wildman–Crippen MR) is 116 cm³/mol. The minimum atomic E-state index is -0.898. The molecule has 1 aromatic rings. The van der Waals surface area contributed by atoms with Gasteiger partial charge in [-0.1, -0.05) is 48.0 Å². The summed E-state index contributed by atoms with van der Waals surface area (Å²) in [6.07, 6.45) is 5.41. The average molecular weight is 443 g/mol. The van der Waals surface area contributed by atoms with E-state index in [0.717, 1.165) is 32.8 Å². The number of thioether (sulfide) groups is 1. The summed E-state index contributed by atoms with van der Waals surface area (Å²) in [6.45, 7) is 8.09. The Labute approximate surface area is 173 Å². The first-order valence-corrected chi connectivity index (χ1v) is 11.0. The van der Waals surface area contributed by atoms with Gasteiger partial charge in [0.05, 0.1) is 11.1 Å². The highest BCUT2D eigenvalue weighted by molar-refractivity contribution is 9.10. The Kier molecular flexibility index (Phi) is 5.52. The van der Waals surface area contributed by atoms with Crippen LogP contribution in [0.15, 0.2) is 57.7 Å². The lowest BCUT2D eigenvalue weighted by atomic mass is 9.61. The molecule has 3 nitrogen and oxygen atoms in total. The number of allylic oxidation sites excluding steroid dienone is 3. The lowest BCUT2D eigenvalue weighted by Gasteiger charge is -2.43. The lowest BCUT2D eigenvalue weighted by molar-refractivity contribution is -0.118. The maximum absolute atomic E-state index is 13.2. The molecule has 1 aromatic carbocycles. The van der Waals surface area contributed by atoms with Crippen molar-refractivity contribution in [2.45, 2.75) is 39.0 Å². The van der Waals surface area contributed by atoms with Crippen molar-refractivity contribution in [3.63, 3.8) is 0 Å². The molecule has 0 saturated heterocycles. The molecule has 1 heterocycles. The second-order valence-corrected chi connectivity index (χ2v) is 9.69. The molecule has 27 heavy (non-hydrogen) atoms. The molecule has 0 fully saturated rings. The zero-order chi connectivity index (χ0) is 19.8. The largest absolute Gasteiger partial charge is 0.294 e. The van der Waals surface area contributed by atoms with Crippen LogP contribution in [0.2, 0.25) is 0 Å². The average Bonchev–Trinajstić information content (AvgIpc) is 2.61. The molecule has 0 aromatic heterocycles. The molecule has 0 unspecified atom stereocenters. The van der Waals surface area contributed by atoms with Gasteiger partial charge in [0.25, 0.3) is 0 Å². The number of rotatable bonds is 3. The van der Waals surface area contributed by atoms with Crippen molar-refractivity contribution in [1.29, 1.82) is 5.26 Å². The van der Waals surface area contributed by atoms with E-state index >= 15 is 0 Å². The van der Waals surface area contributed by atoms with E-state index in [9.17, 15) is 10.1 Å². The normalized spacial score (nSPS) is 26.9. The molecule has 140 valence electrons. The van der Waals surface area contributed by atoms with Crippen LogP contribution in [0.1, 0.15) is 44.6 Å². The SMILES string of the molecule is C=CC[C@]1(C#N)C(SC)=NC2=C(C(=O)CC(C)(C)C2)[C@H]1c1ccc(Br)cc1. The van der Waals surface area contributed by atoms with Crippen molar-refractivity contribution in [2.75, 3.05) is 6.26 Å². The van der Waals surface area contributed by atoms with E-state index in [2.05, 4.69) is 42.4 Å². The Morgan fingerprint density at radius 3 is 2.59 bits per heavy atom. The zero-order valence-corrected chi connectivity index (χ0v) is 18.3. The molecular formula is C22H23BrN2OS. The summed E-state index contributed by atoms with van der Waals surface area (Å²) in [5, 5.41) is 11.1. The minimum Gasteiger partial charge on any atom is -0.294 e. The van der Waals surface area contributed by atoms with Crippen molar-refractivity contribution in [3.8, 4) is 6.07 Å². The maximum atomic E-state index is 13.2. The standard InChI is InChI=1S/C22H23BrN2OS/c1-5-10-22(13-24)19(14-6-8-15(23)9-7-14)18-16(25-20(22)27-4)11-21(2,3)12-17(18)26/h5-9,19H,1,10-12H2,2-4H3/t19-,22-/m1/s1. The van der Waals surface area contributed by atoms with Crippen LogP contribution in [0.5, 0.6) is 0 Å². The summed E-state index contributed by atoms with van der Waals surface area (Å²) in [5.74, 6) is -0.214. The van der Waals surface area contributed by atoms with Gasteiger partial charge in [-0.3, -0.25) is 4.79 Å². The molecule has 1 aliphatic carbocycles. The van der Waals surface area contributed by atoms with E-state index in [1.807, 2.05) is 30.5 Å². The number of aliphatic imine (C=N–C) groups is 1. The van der Waals surface area contributed by atoms with Crippen LogP contribution < -0.4 is 0 Å². The third-order valence-electron chi connectivity index (χ3n) is 5.36. The van der Waals surface area contributed by atoms with E-state index in [-0.39, 0.29) is 17.1 Å². The quantitative estimate of drug-likeness (QED) is 0.536. The molecule has 1 aliphatic heterocycles. The summed E-state index contributed by atoms with van der Waals surface area (Å²) in [4.78, 5) is 18.1. The minimum absolute atomic E-state index is 0.113. The maximum Gasteiger partial charge on any atom is 0.161 e. The second kappa shape index (κ2) is 7.41. The van der Waals surface area contributed by atoms with E-state index < -0.39 is 5.41 Å². The third-order valence-corrected chi connectivity index (χ3v) is 6.73. The number of benzene rings is 1. The Balaban J connectivity index is 2.31. The molecule has 2 atom stereocenters. The molecule has 2 aliphatic rings. The number of carbonyl (C=O) groups excluding carboxylic acids is 1. The fourth-order valence-electron chi connectivity index (χ4n) is 4.25. The highest BCUT2D eigenvalue weighted by Crippen LogP contribution is 2.55. The Morgan fingerprint density at radius 2 is 2.04 bits per heavy atom. The van der Waals surface area contributed by atoms with Crippen LogP contribution in [-0.2, 0) is 4.79 Å². The van der Waals surface area contributed by atoms with Gasteiger partial charge in [0, 0.05) is 28.1 Å². The Morgan fingerprint density at radius 1 is 1.37 bits per heavy atom. The lowest BCUT2D eigenvalue weighted by Crippen LogP contribution is -2.42. The van der Waals surface area contributed by atoms with Gasteiger partial charge in [-0.15, -0.1) is 18.3 Å². The fraction of sp³-hybridized carbons (Fsp3) is 0.409. The number of carbonyl (C=O) groups is 1. The van der Waals surface area contributed by atoms with Crippen LogP contribution >= 0.6 is 27.7 Å². The van der Waals surface area contributed by atoms with Crippen molar-refractivity contribution in [3.05, 3.63) is 58.2 Å². The summed E-state index contributed by atoms with van der Waals surface area (Å²) >= 11 is 4.98. The van der Waals surface area contributed by atoms with Crippen LogP contribution in [-0.4, -0.2) is 17.1 Å². The molecule has 0 bridgehead atoms. The summed E-state index contributed by atoms with van der Waals surface area (Å²) in [7, 11) is 0. The van der Waals surface area contributed by atoms with Crippen molar-refractivity contribution >= 4 is 38.5 Å². The smallest absolute Gasteiger partial charge is 0.161 e. The van der Waals surface area contributed by atoms with Crippen molar-refractivity contribution < 1.29 is 4.79 Å². The van der Waals surface area contributed by atoms with Gasteiger partial charge in [-0.05, 0) is 42.2 Å². The monoisotopic (exact) mass is 442 g/mol. The molecule has 0 radical (unpaired) electrons. The number of halogens is 1. The third kappa shape index (κ3) is 3.46. The van der Waals surface area contributed by atoms with Gasteiger partial charge in [-0.2, -0.15) is 5.26 Å². The number of nitrogens with zero attached hydrogens (tertiary/aromatic N) is 2. The number of Topliss-reactive ketones (excluding diaryl/α,β-unsaturated/α-hetero) is 1. The summed E-state index contributed by atoms with van der Waals surface area (Å²) < 4.78 is 0.970. The van der Waals surface area contributed by atoms with Gasteiger partial charge >= 0.3 is 0 Å². The van der Waals surface area contributed by atoms with E-state index in [0.29, 0.717) is 12.8 Å². The van der Waals surface area contributed by atoms with Crippen LogP contribution in [0.4, 0.5) is 0 Å². The predicted octanol–water partition coefficient (Wildman–Crippen LogP) is 6.04. The highest BCUT2D eigenvalue weighted by Gasteiger charge is 2.52. The van der Waals surface area contributed by atoms with E-state index in [4.69, 9.17) is 4.99 Å². The highest BCUT2D eigenvalue weighted by atomic mass is 79.9. The Hall–Kier alpha value is -1.64. The number of nitriles is 1. The number of hydrogen-bond donors (Lipinski definition) is 0. The van der Waals surface area contributed by atoms with Crippen LogP contribution in [0, 0.1) is 22.2 Å². The molecular weight excluding hydrogens is 420 g/mol. The van der Waals surface area contributed by atoms with Crippen molar-refractivity contribution in [1.82, 2.24) is 0 Å². The summed E-state index contributed by atoms with van der Waals surface area (Å²) in [5.41, 5.74) is 1.54. The van der Waals surface area contributed by atoms with Gasteiger partial charge in [0.15, 0.2) is 5.78 Å². The first-order valence-electron chi connectivity index (χ1n) is 8.95. The first kappa shape index (κ1) is 20.1. The topological polar surface area (TPSA) is 53.2 Å². The number of ketones is 1. The van der Waals surface area contributed by atoms with Gasteiger partial charge in [-0.25, -0.2) is 4.99 Å². The van der Waals surface area contributed by atoms with Crippen molar-refractivity contribution in [2.24, 2.45) is 15.8 Å². The van der Waals surface area contributed by atoms with E-state index in [1.165, 1.54) is 11.8 Å². The second-order valence-electron chi connectivity index (χ2n) is 7.98. The fourth-order valence-corrected chi connectivity index (χ4v) is 5.32. The first-order chi connectivity index (χ1) is 12.8. The molecule has 3 rings (SSSR count). The number of hydrogen-bond acceptors (Lipinski definition) is 4. The van der Waals surface area contributed by atoms with Gasteiger partial charge < -0.3 is 0 Å². The molecule has 0 N–H and O–H groups in total. The Bertz CT molecular complexity index is 892. The van der Waals surface area contributed by atoms with Gasteiger partial charge in [0.1, 0.15) is 5.41 Å². The van der Waals surface area contributed by atoms with Crippen LogP contribution in [0.3, 0.4) is 0 Å². The molecule has 0 saturated carbocycles. The molecule has 0 spiro atoms. The zero-order valence-electron chi connectivity index (χ0n) is 15.9. The molecule has 0 amide bonds. The summed E-state index contributed by atoms with van der Waals surface area (Å²) in [6, 6.07) is 10.5. The van der Waals surface area contributed by atoms with Gasteiger partial charge in [0.2, 0.25) is 0 Å². The van der Waals surface area contributed by atoms with Crippen LogP contribution in [0.25, 0.3) is 0 Å². The molecule has 5 heteroatoms. The van der Waals surface area contributed by atoms with E-state index in [1.54, 1.807) is 6.08 Å².